The van der Waals surface area contributed by atoms with Crippen LogP contribution in [0.3, 0.4) is 0 Å². The summed E-state index contributed by atoms with van der Waals surface area (Å²) in [5.41, 5.74) is 3.52. The third-order valence-corrected chi connectivity index (χ3v) is 4.81. The molecule has 2 aromatic rings. The van der Waals surface area contributed by atoms with Gasteiger partial charge in [-0.2, -0.15) is 0 Å². The molecule has 0 radical (unpaired) electrons. The van der Waals surface area contributed by atoms with Crippen molar-refractivity contribution in [2.45, 2.75) is 31.9 Å². The highest BCUT2D eigenvalue weighted by Crippen LogP contribution is 2.44. The first-order valence-corrected chi connectivity index (χ1v) is 8.29. The summed E-state index contributed by atoms with van der Waals surface area (Å²) in [6.45, 7) is 3.02. The third-order valence-electron chi connectivity index (χ3n) is 4.58. The van der Waals surface area contributed by atoms with Crippen molar-refractivity contribution in [1.82, 2.24) is 5.32 Å². The van der Waals surface area contributed by atoms with Crippen molar-refractivity contribution in [2.24, 2.45) is 5.92 Å². The smallest absolute Gasteiger partial charge is 0.0837 e. The largest absolute Gasteiger partial charge is 0.388 e. The molecule has 0 saturated carbocycles. The summed E-state index contributed by atoms with van der Waals surface area (Å²) in [5, 5.41) is 14.7. The van der Waals surface area contributed by atoms with E-state index in [4.69, 9.17) is 11.6 Å². The van der Waals surface area contributed by atoms with Crippen LogP contribution in [-0.4, -0.2) is 11.7 Å². The molecule has 0 aliphatic heterocycles. The number of aliphatic hydroxyl groups is 1. The monoisotopic (exact) mass is 315 g/mol. The van der Waals surface area contributed by atoms with E-state index in [1.165, 1.54) is 5.56 Å². The van der Waals surface area contributed by atoms with E-state index in [1.54, 1.807) is 0 Å². The van der Waals surface area contributed by atoms with Crippen LogP contribution >= 0.6 is 11.6 Å². The average Bonchev–Trinajstić information content (AvgIpc) is 2.76. The van der Waals surface area contributed by atoms with Crippen LogP contribution in [-0.2, 0) is 6.42 Å². The lowest BCUT2D eigenvalue weighted by Crippen LogP contribution is -2.26. The van der Waals surface area contributed by atoms with Gasteiger partial charge in [0.15, 0.2) is 0 Å². The second kappa shape index (κ2) is 6.82. The summed E-state index contributed by atoms with van der Waals surface area (Å²) in [5.74, 6) is 0.171. The Balaban J connectivity index is 1.60. The van der Waals surface area contributed by atoms with Gasteiger partial charge in [-0.15, -0.1) is 0 Å². The lowest BCUT2D eigenvalue weighted by molar-refractivity contribution is 0.114. The first-order chi connectivity index (χ1) is 10.7. The molecule has 0 spiro atoms. The number of hydrogen-bond acceptors (Lipinski definition) is 2. The lowest BCUT2D eigenvalue weighted by Gasteiger charge is -2.20. The Morgan fingerprint density at radius 2 is 1.86 bits per heavy atom. The number of fused-ring (bicyclic) bond motifs is 1. The fraction of sp³-hybridized carbons (Fsp3) is 0.368. The zero-order valence-corrected chi connectivity index (χ0v) is 13.6. The summed E-state index contributed by atoms with van der Waals surface area (Å²) < 4.78 is 0. The zero-order valence-electron chi connectivity index (χ0n) is 12.8. The van der Waals surface area contributed by atoms with E-state index < -0.39 is 6.10 Å². The first kappa shape index (κ1) is 15.5. The Morgan fingerprint density at radius 3 is 2.64 bits per heavy atom. The summed E-state index contributed by atoms with van der Waals surface area (Å²) in [7, 11) is 0. The lowest BCUT2D eigenvalue weighted by atomic mass is 10.0. The van der Waals surface area contributed by atoms with Crippen LogP contribution in [0.5, 0.6) is 0 Å². The van der Waals surface area contributed by atoms with Crippen LogP contribution in [0, 0.1) is 5.92 Å². The van der Waals surface area contributed by atoms with Gasteiger partial charge in [-0.05, 0) is 48.2 Å². The van der Waals surface area contributed by atoms with Crippen LogP contribution in [0.1, 0.15) is 42.2 Å². The SMILES string of the molecule is CC1C(O)c2ccc(Cl)cc2C1NCCCc1ccccc1. The molecule has 0 aromatic heterocycles. The number of aliphatic hydroxyl groups excluding tert-OH is 1. The van der Waals surface area contributed by atoms with Gasteiger partial charge in [0.25, 0.3) is 0 Å². The Bertz CT molecular complexity index is 629. The normalized spacial score (nSPS) is 23.5. The van der Waals surface area contributed by atoms with Gasteiger partial charge in [-0.25, -0.2) is 0 Å². The standard InChI is InChI=1S/C19H22ClNO/c1-13-18(17-12-15(20)9-10-16(17)19(13)22)21-11-5-8-14-6-3-2-4-7-14/h2-4,6-7,9-10,12-13,18-19,21-22H,5,8,11H2,1H3. The molecule has 2 N–H and O–H groups in total. The maximum absolute atomic E-state index is 10.4. The van der Waals surface area contributed by atoms with Crippen molar-refractivity contribution in [3.8, 4) is 0 Å². The molecule has 116 valence electrons. The van der Waals surface area contributed by atoms with Crippen molar-refractivity contribution in [3.63, 3.8) is 0 Å². The molecule has 0 bridgehead atoms. The van der Waals surface area contributed by atoms with Crippen molar-refractivity contribution < 1.29 is 5.11 Å². The minimum atomic E-state index is -0.404. The van der Waals surface area contributed by atoms with Crippen molar-refractivity contribution >= 4 is 11.6 Å². The van der Waals surface area contributed by atoms with E-state index in [2.05, 4.69) is 36.5 Å². The van der Waals surface area contributed by atoms with Gasteiger partial charge in [0.2, 0.25) is 0 Å². The highest BCUT2D eigenvalue weighted by Gasteiger charge is 2.36. The van der Waals surface area contributed by atoms with Gasteiger partial charge in [0.1, 0.15) is 0 Å². The van der Waals surface area contributed by atoms with Gasteiger partial charge >= 0.3 is 0 Å². The first-order valence-electron chi connectivity index (χ1n) is 7.91. The number of benzene rings is 2. The summed E-state index contributed by atoms with van der Waals surface area (Å²) in [6.07, 6.45) is 1.75. The molecule has 0 amide bonds. The topological polar surface area (TPSA) is 32.3 Å². The van der Waals surface area contributed by atoms with Crippen molar-refractivity contribution in [3.05, 3.63) is 70.2 Å². The molecular formula is C19H22ClNO. The summed E-state index contributed by atoms with van der Waals surface area (Å²) in [6, 6.07) is 16.5. The quantitative estimate of drug-likeness (QED) is 0.807. The van der Waals surface area contributed by atoms with Gasteiger partial charge in [-0.3, -0.25) is 0 Å². The summed E-state index contributed by atoms with van der Waals surface area (Å²) >= 11 is 6.12. The zero-order chi connectivity index (χ0) is 15.5. The van der Waals surface area contributed by atoms with Gasteiger partial charge in [0, 0.05) is 17.0 Å². The average molecular weight is 316 g/mol. The molecule has 3 rings (SSSR count). The molecule has 3 atom stereocenters. The molecule has 3 unspecified atom stereocenters. The number of aryl methyl sites for hydroxylation is 1. The van der Waals surface area contributed by atoms with Crippen LogP contribution in [0.2, 0.25) is 5.02 Å². The molecule has 22 heavy (non-hydrogen) atoms. The Morgan fingerprint density at radius 1 is 1.09 bits per heavy atom. The Kier molecular flexibility index (Phi) is 4.82. The van der Waals surface area contributed by atoms with E-state index in [-0.39, 0.29) is 12.0 Å². The van der Waals surface area contributed by atoms with Crippen LogP contribution < -0.4 is 5.32 Å². The highest BCUT2D eigenvalue weighted by molar-refractivity contribution is 6.30. The molecule has 2 nitrogen and oxygen atoms in total. The fourth-order valence-corrected chi connectivity index (χ4v) is 3.50. The molecule has 0 fully saturated rings. The fourth-order valence-electron chi connectivity index (χ4n) is 3.32. The predicted octanol–water partition coefficient (Wildman–Crippen LogP) is 4.29. The molecule has 1 aliphatic carbocycles. The molecule has 0 saturated heterocycles. The van der Waals surface area contributed by atoms with Crippen LogP contribution in [0.4, 0.5) is 0 Å². The highest BCUT2D eigenvalue weighted by atomic mass is 35.5. The summed E-state index contributed by atoms with van der Waals surface area (Å²) in [4.78, 5) is 0. The molecule has 0 heterocycles. The molecule has 2 aromatic carbocycles. The van der Waals surface area contributed by atoms with E-state index >= 15 is 0 Å². The maximum atomic E-state index is 10.4. The van der Waals surface area contributed by atoms with Gasteiger partial charge < -0.3 is 10.4 Å². The Hall–Kier alpha value is -1.35. The number of halogens is 1. The third kappa shape index (κ3) is 3.19. The second-order valence-corrected chi connectivity index (χ2v) is 6.53. The number of hydrogen-bond donors (Lipinski definition) is 2. The van der Waals surface area contributed by atoms with E-state index in [0.717, 1.165) is 35.5 Å². The maximum Gasteiger partial charge on any atom is 0.0837 e. The van der Waals surface area contributed by atoms with Gasteiger partial charge in [-0.1, -0.05) is 54.9 Å². The Labute approximate surface area is 137 Å². The minimum Gasteiger partial charge on any atom is -0.388 e. The van der Waals surface area contributed by atoms with Crippen molar-refractivity contribution in [2.75, 3.05) is 6.54 Å². The van der Waals surface area contributed by atoms with Crippen molar-refractivity contribution in [1.29, 1.82) is 0 Å². The van der Waals surface area contributed by atoms with Crippen LogP contribution in [0.15, 0.2) is 48.5 Å². The minimum absolute atomic E-state index is 0.171. The van der Waals surface area contributed by atoms with E-state index in [9.17, 15) is 5.11 Å². The number of nitrogens with one attached hydrogen (secondary N) is 1. The van der Waals surface area contributed by atoms with E-state index in [1.807, 2.05) is 24.3 Å². The molecule has 3 heteroatoms. The number of rotatable bonds is 5. The predicted molar refractivity (Wildman–Crippen MR) is 91.1 cm³/mol. The molecular weight excluding hydrogens is 294 g/mol. The van der Waals surface area contributed by atoms with Gasteiger partial charge in [0.05, 0.1) is 6.10 Å². The molecule has 1 aliphatic rings. The van der Waals surface area contributed by atoms with E-state index in [0.29, 0.717) is 0 Å². The van der Waals surface area contributed by atoms with Crippen LogP contribution in [0.25, 0.3) is 0 Å². The second-order valence-electron chi connectivity index (χ2n) is 6.10.